The summed E-state index contributed by atoms with van der Waals surface area (Å²) in [6, 6.07) is 0.326. The van der Waals surface area contributed by atoms with Crippen LogP contribution in [0.25, 0.3) is 0 Å². The smallest absolute Gasteiger partial charge is 0.319 e. The number of nitrogen functional groups attached to an aromatic ring is 1. The molecule has 74 valence electrons. The van der Waals surface area contributed by atoms with E-state index in [-0.39, 0.29) is 12.6 Å². The Hall–Kier alpha value is -1.30. The number of hydrogen-bond acceptors (Lipinski definition) is 6. The largest absolute Gasteiger partial charge is 0.394 e. The first-order valence-electron chi connectivity index (χ1n) is 3.91. The first-order chi connectivity index (χ1) is 5.97. The summed E-state index contributed by atoms with van der Waals surface area (Å²) >= 11 is 0. The molecule has 6 heteroatoms. The Morgan fingerprint density at radius 3 is 2.54 bits per heavy atom. The first kappa shape index (κ1) is 9.79. The van der Waals surface area contributed by atoms with Gasteiger partial charge in [0.15, 0.2) is 0 Å². The number of anilines is 2. The monoisotopic (exact) mass is 186 g/mol. The summed E-state index contributed by atoms with van der Waals surface area (Å²) in [7, 11) is 1.75. The number of rotatable bonds is 3. The molecule has 0 aliphatic rings. The van der Waals surface area contributed by atoms with Crippen molar-refractivity contribution in [1.29, 1.82) is 0 Å². The van der Waals surface area contributed by atoms with Crippen LogP contribution in [-0.4, -0.2) is 34.5 Å². The van der Waals surface area contributed by atoms with E-state index >= 15 is 0 Å². The summed E-state index contributed by atoms with van der Waals surface area (Å²) in [5.41, 5.74) is 4.83. The molecule has 1 aromatic heterocycles. The Balaban J connectivity index is 2.84. The molecule has 0 aromatic carbocycles. The lowest BCUT2D eigenvalue weighted by atomic mass is 10.1. The van der Waals surface area contributed by atoms with Gasteiger partial charge in [-0.1, -0.05) is 10.2 Å². The molecular weight excluding hydrogens is 172 g/mol. The van der Waals surface area contributed by atoms with Crippen molar-refractivity contribution in [3.8, 4) is 0 Å². The fourth-order valence-corrected chi connectivity index (χ4v) is 0.727. The van der Waals surface area contributed by atoms with Gasteiger partial charge in [0.1, 0.15) is 0 Å². The molecule has 1 aromatic rings. The van der Waals surface area contributed by atoms with Crippen molar-refractivity contribution in [3.05, 3.63) is 0 Å². The molecule has 0 aliphatic carbocycles. The molecule has 0 radical (unpaired) electrons. The summed E-state index contributed by atoms with van der Waals surface area (Å²) in [5, 5.41) is 16.3. The molecule has 0 saturated carbocycles. The lowest BCUT2D eigenvalue weighted by Crippen LogP contribution is -2.44. The maximum Gasteiger partial charge on any atom is 0.319 e. The molecule has 6 nitrogen and oxygen atoms in total. The number of aromatic nitrogens is 2. The fourth-order valence-electron chi connectivity index (χ4n) is 0.727. The Morgan fingerprint density at radius 2 is 2.15 bits per heavy atom. The van der Waals surface area contributed by atoms with Crippen LogP contribution in [0.5, 0.6) is 0 Å². The van der Waals surface area contributed by atoms with Gasteiger partial charge in [-0.05, 0) is 13.8 Å². The van der Waals surface area contributed by atoms with Crippen molar-refractivity contribution in [2.45, 2.75) is 19.4 Å². The summed E-state index contributed by atoms with van der Waals surface area (Å²) in [5.74, 6) is 0. The second-order valence-corrected chi connectivity index (χ2v) is 3.45. The quantitative estimate of drug-likeness (QED) is 0.683. The Kier molecular flexibility index (Phi) is 2.42. The van der Waals surface area contributed by atoms with Gasteiger partial charge in [0.2, 0.25) is 0 Å². The Bertz CT molecular complexity index is 284. The van der Waals surface area contributed by atoms with Crippen molar-refractivity contribution in [2.75, 3.05) is 24.3 Å². The predicted molar refractivity (Wildman–Crippen MR) is 48.3 cm³/mol. The van der Waals surface area contributed by atoms with Gasteiger partial charge < -0.3 is 20.2 Å². The van der Waals surface area contributed by atoms with Gasteiger partial charge in [-0.25, -0.2) is 0 Å². The maximum atomic E-state index is 9.07. The number of likely N-dealkylation sites (N-methyl/N-ethyl adjacent to an activating group) is 1. The third-order valence-electron chi connectivity index (χ3n) is 2.01. The SMILES string of the molecule is CN(c1nnc(N)o1)C(C)(C)CO. The van der Waals surface area contributed by atoms with Gasteiger partial charge in [0.05, 0.1) is 12.1 Å². The van der Waals surface area contributed by atoms with E-state index in [1.807, 2.05) is 13.8 Å². The molecule has 13 heavy (non-hydrogen) atoms. The van der Waals surface area contributed by atoms with Crippen LogP contribution >= 0.6 is 0 Å². The third-order valence-corrected chi connectivity index (χ3v) is 2.01. The first-order valence-corrected chi connectivity index (χ1v) is 3.91. The van der Waals surface area contributed by atoms with Crippen LogP contribution in [0.2, 0.25) is 0 Å². The highest BCUT2D eigenvalue weighted by atomic mass is 16.4. The molecule has 0 fully saturated rings. The van der Waals surface area contributed by atoms with Gasteiger partial charge >= 0.3 is 12.0 Å². The summed E-state index contributed by atoms with van der Waals surface area (Å²) < 4.78 is 5.00. The van der Waals surface area contributed by atoms with Crippen molar-refractivity contribution in [3.63, 3.8) is 0 Å². The van der Waals surface area contributed by atoms with E-state index in [4.69, 9.17) is 15.3 Å². The zero-order valence-electron chi connectivity index (χ0n) is 7.98. The van der Waals surface area contributed by atoms with Crippen LogP contribution in [0.3, 0.4) is 0 Å². The molecule has 1 heterocycles. The van der Waals surface area contributed by atoms with E-state index in [9.17, 15) is 0 Å². The lowest BCUT2D eigenvalue weighted by molar-refractivity contribution is 0.211. The number of aliphatic hydroxyl groups excluding tert-OH is 1. The second-order valence-electron chi connectivity index (χ2n) is 3.45. The molecular formula is C7H14N4O2. The lowest BCUT2D eigenvalue weighted by Gasteiger charge is -2.31. The number of aliphatic hydroxyl groups is 1. The standard InChI is InChI=1S/C7H14N4O2/c1-7(2,4-12)11(3)6-10-9-5(8)13-6/h12H,4H2,1-3H3,(H2,8,9). The van der Waals surface area contributed by atoms with Gasteiger partial charge in [-0.2, -0.15) is 0 Å². The highest BCUT2D eigenvalue weighted by molar-refractivity contribution is 5.30. The molecule has 0 bridgehead atoms. The molecule has 0 saturated heterocycles. The minimum absolute atomic E-state index is 0.00815. The van der Waals surface area contributed by atoms with Crippen molar-refractivity contribution in [1.82, 2.24) is 10.2 Å². The van der Waals surface area contributed by atoms with Crippen LogP contribution in [-0.2, 0) is 0 Å². The average molecular weight is 186 g/mol. The van der Waals surface area contributed by atoms with E-state index in [1.165, 1.54) is 0 Å². The number of hydrogen-bond donors (Lipinski definition) is 2. The highest BCUT2D eigenvalue weighted by Crippen LogP contribution is 2.20. The zero-order chi connectivity index (χ0) is 10.1. The third kappa shape index (κ3) is 1.89. The molecule has 0 aliphatic heterocycles. The van der Waals surface area contributed by atoms with E-state index in [0.29, 0.717) is 6.01 Å². The van der Waals surface area contributed by atoms with Crippen LogP contribution in [0.15, 0.2) is 4.42 Å². The minimum Gasteiger partial charge on any atom is -0.394 e. The second kappa shape index (κ2) is 3.21. The van der Waals surface area contributed by atoms with Crippen LogP contribution in [0, 0.1) is 0 Å². The Labute approximate surface area is 76.4 Å². The summed E-state index contributed by atoms with van der Waals surface area (Å²) in [6.07, 6.45) is 0. The topological polar surface area (TPSA) is 88.4 Å². The maximum absolute atomic E-state index is 9.07. The predicted octanol–water partition coefficient (Wildman–Crippen LogP) is -0.141. The van der Waals surface area contributed by atoms with E-state index < -0.39 is 5.54 Å². The van der Waals surface area contributed by atoms with Gasteiger partial charge in [-0.15, -0.1) is 0 Å². The van der Waals surface area contributed by atoms with Crippen LogP contribution in [0.1, 0.15) is 13.8 Å². The molecule has 0 atom stereocenters. The molecule has 0 unspecified atom stereocenters. The average Bonchev–Trinajstić information content (AvgIpc) is 2.50. The molecule has 0 spiro atoms. The zero-order valence-corrected chi connectivity index (χ0v) is 7.98. The van der Waals surface area contributed by atoms with Crippen molar-refractivity contribution >= 4 is 12.0 Å². The Morgan fingerprint density at radius 1 is 1.54 bits per heavy atom. The van der Waals surface area contributed by atoms with Crippen LogP contribution < -0.4 is 10.6 Å². The molecule has 3 N–H and O–H groups in total. The number of nitrogens with two attached hydrogens (primary N) is 1. The molecule has 0 amide bonds. The highest BCUT2D eigenvalue weighted by Gasteiger charge is 2.26. The van der Waals surface area contributed by atoms with Gasteiger partial charge in [-0.3, -0.25) is 0 Å². The minimum atomic E-state index is -0.445. The number of nitrogens with zero attached hydrogens (tertiary/aromatic N) is 3. The van der Waals surface area contributed by atoms with E-state index in [0.717, 1.165) is 0 Å². The van der Waals surface area contributed by atoms with E-state index in [2.05, 4.69) is 10.2 Å². The summed E-state index contributed by atoms with van der Waals surface area (Å²) in [4.78, 5) is 1.68. The van der Waals surface area contributed by atoms with Crippen molar-refractivity contribution < 1.29 is 9.52 Å². The fraction of sp³-hybridized carbons (Fsp3) is 0.714. The normalized spacial score (nSPS) is 11.7. The van der Waals surface area contributed by atoms with Crippen molar-refractivity contribution in [2.24, 2.45) is 0 Å². The van der Waals surface area contributed by atoms with E-state index in [1.54, 1.807) is 11.9 Å². The van der Waals surface area contributed by atoms with Gasteiger partial charge in [0.25, 0.3) is 0 Å². The van der Waals surface area contributed by atoms with Crippen LogP contribution in [0.4, 0.5) is 12.0 Å². The van der Waals surface area contributed by atoms with Gasteiger partial charge in [0, 0.05) is 7.05 Å². The summed E-state index contributed by atoms with van der Waals surface area (Å²) in [6.45, 7) is 3.70. The molecule has 1 rings (SSSR count).